The monoisotopic (exact) mass is 338 g/mol. The number of carbonyl (C=O) groups excluding carboxylic acids is 1. The van der Waals surface area contributed by atoms with Gasteiger partial charge >= 0.3 is 5.97 Å². The number of aromatic nitrogens is 1. The van der Waals surface area contributed by atoms with Gasteiger partial charge in [-0.05, 0) is 47.3 Å². The van der Waals surface area contributed by atoms with Gasteiger partial charge in [-0.15, -0.1) is 0 Å². The van der Waals surface area contributed by atoms with E-state index in [4.69, 9.17) is 0 Å². The van der Waals surface area contributed by atoms with Crippen molar-refractivity contribution in [3.05, 3.63) is 28.5 Å². The third kappa shape index (κ3) is 2.44. The van der Waals surface area contributed by atoms with Crippen molar-refractivity contribution in [2.75, 3.05) is 0 Å². The minimum atomic E-state index is -0.849. The Labute approximate surface area is 125 Å². The van der Waals surface area contributed by atoms with Gasteiger partial charge < -0.3 is 10.0 Å². The summed E-state index contributed by atoms with van der Waals surface area (Å²) in [6.45, 7) is 0. The molecule has 2 aliphatic rings. The Bertz CT molecular complexity index is 542. The van der Waals surface area contributed by atoms with Gasteiger partial charge in [-0.25, -0.2) is 0 Å². The molecule has 2 unspecified atom stereocenters. The SMILES string of the molecule is O=C(O)C1CCC(=O)N(C2CC2)C1c1ccc(Br)cn1. The topological polar surface area (TPSA) is 70.5 Å². The van der Waals surface area contributed by atoms with Gasteiger partial charge in [0.1, 0.15) is 0 Å². The largest absolute Gasteiger partial charge is 0.481 e. The molecule has 0 aromatic carbocycles. The number of pyridine rings is 1. The Morgan fingerprint density at radius 3 is 2.65 bits per heavy atom. The molecule has 1 aliphatic carbocycles. The maximum atomic E-state index is 12.2. The summed E-state index contributed by atoms with van der Waals surface area (Å²) in [5.74, 6) is -1.36. The van der Waals surface area contributed by atoms with E-state index in [1.54, 1.807) is 17.2 Å². The highest BCUT2D eigenvalue weighted by Crippen LogP contribution is 2.43. The zero-order valence-electron chi connectivity index (χ0n) is 10.8. The van der Waals surface area contributed by atoms with Crippen molar-refractivity contribution in [3.63, 3.8) is 0 Å². The van der Waals surface area contributed by atoms with Crippen LogP contribution >= 0.6 is 15.9 Å². The summed E-state index contributed by atoms with van der Waals surface area (Å²) in [5, 5.41) is 9.46. The lowest BCUT2D eigenvalue weighted by Crippen LogP contribution is -2.46. The van der Waals surface area contributed by atoms with Crippen LogP contribution in [0.25, 0.3) is 0 Å². The molecule has 5 nitrogen and oxygen atoms in total. The molecule has 1 saturated carbocycles. The minimum absolute atomic E-state index is 0.0553. The third-order valence-electron chi connectivity index (χ3n) is 3.95. The van der Waals surface area contributed by atoms with Gasteiger partial charge in [0.25, 0.3) is 0 Å². The van der Waals surface area contributed by atoms with Crippen LogP contribution in [0, 0.1) is 5.92 Å². The van der Waals surface area contributed by atoms with E-state index in [0.29, 0.717) is 18.5 Å². The number of nitrogens with zero attached hydrogens (tertiary/aromatic N) is 2. The molecule has 1 saturated heterocycles. The molecule has 0 bridgehead atoms. The molecular formula is C14H15BrN2O3. The quantitative estimate of drug-likeness (QED) is 0.918. The standard InChI is InChI=1S/C14H15BrN2O3/c15-8-1-5-11(16-7-8)13-10(14(19)20)4-6-12(18)17(13)9-2-3-9/h1,5,7,9-10,13H,2-4,6H2,(H,19,20). The van der Waals surface area contributed by atoms with E-state index in [-0.39, 0.29) is 11.9 Å². The van der Waals surface area contributed by atoms with Crippen LogP contribution in [0.1, 0.15) is 37.4 Å². The summed E-state index contributed by atoms with van der Waals surface area (Å²) in [5.41, 5.74) is 0.667. The van der Waals surface area contributed by atoms with E-state index in [0.717, 1.165) is 17.3 Å². The summed E-state index contributed by atoms with van der Waals surface area (Å²) in [6, 6.07) is 3.40. The van der Waals surface area contributed by atoms with Crippen molar-refractivity contribution in [3.8, 4) is 0 Å². The Hall–Kier alpha value is -1.43. The fourth-order valence-electron chi connectivity index (χ4n) is 2.87. The zero-order valence-corrected chi connectivity index (χ0v) is 12.4. The molecule has 1 N–H and O–H groups in total. The van der Waals surface area contributed by atoms with Gasteiger partial charge in [0.15, 0.2) is 0 Å². The molecular weight excluding hydrogens is 324 g/mol. The fourth-order valence-corrected chi connectivity index (χ4v) is 3.10. The maximum absolute atomic E-state index is 12.2. The molecule has 1 aromatic rings. The van der Waals surface area contributed by atoms with Gasteiger partial charge in [-0.1, -0.05) is 0 Å². The van der Waals surface area contributed by atoms with Crippen LogP contribution in [-0.2, 0) is 9.59 Å². The number of amides is 1. The molecule has 1 amide bonds. The molecule has 3 rings (SSSR count). The molecule has 2 heterocycles. The number of halogens is 1. The highest BCUT2D eigenvalue weighted by Gasteiger charge is 2.47. The second-order valence-corrected chi connectivity index (χ2v) is 6.28. The third-order valence-corrected chi connectivity index (χ3v) is 4.42. The van der Waals surface area contributed by atoms with Crippen molar-refractivity contribution in [1.29, 1.82) is 0 Å². The van der Waals surface area contributed by atoms with Gasteiger partial charge in [0.2, 0.25) is 5.91 Å². The van der Waals surface area contributed by atoms with E-state index in [9.17, 15) is 14.7 Å². The van der Waals surface area contributed by atoms with E-state index in [1.165, 1.54) is 0 Å². The van der Waals surface area contributed by atoms with E-state index >= 15 is 0 Å². The molecule has 6 heteroatoms. The first kappa shape index (κ1) is 13.5. The van der Waals surface area contributed by atoms with Gasteiger partial charge in [-0.2, -0.15) is 0 Å². The fraction of sp³-hybridized carbons (Fsp3) is 0.500. The number of likely N-dealkylation sites (tertiary alicyclic amines) is 1. The maximum Gasteiger partial charge on any atom is 0.309 e. The summed E-state index contributed by atoms with van der Waals surface area (Å²) in [4.78, 5) is 29.8. The van der Waals surface area contributed by atoms with E-state index in [2.05, 4.69) is 20.9 Å². The number of piperidine rings is 1. The van der Waals surface area contributed by atoms with Crippen LogP contribution in [0.5, 0.6) is 0 Å². The minimum Gasteiger partial charge on any atom is -0.481 e. The average Bonchev–Trinajstić information content (AvgIpc) is 3.23. The predicted octanol–water partition coefficient (Wildman–Crippen LogP) is 2.37. The summed E-state index contributed by atoms with van der Waals surface area (Å²) >= 11 is 3.32. The number of carboxylic acid groups (broad SMARTS) is 1. The molecule has 2 atom stereocenters. The van der Waals surface area contributed by atoms with Gasteiger partial charge in [-0.3, -0.25) is 14.6 Å². The second kappa shape index (κ2) is 5.16. The predicted molar refractivity (Wildman–Crippen MR) is 74.9 cm³/mol. The van der Waals surface area contributed by atoms with Gasteiger partial charge in [0.05, 0.1) is 17.7 Å². The molecule has 20 heavy (non-hydrogen) atoms. The number of rotatable bonds is 3. The second-order valence-electron chi connectivity index (χ2n) is 5.36. The van der Waals surface area contributed by atoms with Crippen molar-refractivity contribution in [2.24, 2.45) is 5.92 Å². The van der Waals surface area contributed by atoms with E-state index in [1.807, 2.05) is 6.07 Å². The van der Waals surface area contributed by atoms with E-state index < -0.39 is 17.9 Å². The van der Waals surface area contributed by atoms with Crippen LogP contribution in [0.15, 0.2) is 22.8 Å². The number of hydrogen-bond donors (Lipinski definition) is 1. The van der Waals surface area contributed by atoms with Crippen molar-refractivity contribution >= 4 is 27.8 Å². The van der Waals surface area contributed by atoms with Crippen LogP contribution in [-0.4, -0.2) is 32.9 Å². The zero-order chi connectivity index (χ0) is 14.3. The lowest BCUT2D eigenvalue weighted by atomic mass is 9.86. The van der Waals surface area contributed by atoms with Crippen LogP contribution in [0.4, 0.5) is 0 Å². The first-order valence-corrected chi connectivity index (χ1v) is 7.52. The first-order chi connectivity index (χ1) is 9.58. The van der Waals surface area contributed by atoms with Crippen molar-refractivity contribution in [1.82, 2.24) is 9.88 Å². The van der Waals surface area contributed by atoms with Crippen LogP contribution < -0.4 is 0 Å². The smallest absolute Gasteiger partial charge is 0.309 e. The summed E-state index contributed by atoms with van der Waals surface area (Å²) < 4.78 is 0.841. The Balaban J connectivity index is 2.00. The lowest BCUT2D eigenvalue weighted by Gasteiger charge is -2.39. The number of carboxylic acids is 1. The number of carbonyl (C=O) groups is 2. The Morgan fingerprint density at radius 1 is 1.35 bits per heavy atom. The highest BCUT2D eigenvalue weighted by atomic mass is 79.9. The summed E-state index contributed by atoms with van der Waals surface area (Å²) in [7, 11) is 0. The van der Waals surface area contributed by atoms with Crippen molar-refractivity contribution < 1.29 is 14.7 Å². The summed E-state index contributed by atoms with van der Waals surface area (Å²) in [6.07, 6.45) is 4.29. The molecule has 106 valence electrons. The van der Waals surface area contributed by atoms with Crippen molar-refractivity contribution in [2.45, 2.75) is 37.8 Å². The number of hydrogen-bond acceptors (Lipinski definition) is 3. The molecule has 0 spiro atoms. The first-order valence-electron chi connectivity index (χ1n) is 6.73. The molecule has 2 fully saturated rings. The van der Waals surface area contributed by atoms with Gasteiger partial charge in [0, 0.05) is 23.1 Å². The average molecular weight is 339 g/mol. The normalized spacial score (nSPS) is 26.6. The Morgan fingerprint density at radius 2 is 2.10 bits per heavy atom. The molecule has 1 aliphatic heterocycles. The molecule has 1 aromatic heterocycles. The molecule has 0 radical (unpaired) electrons. The van der Waals surface area contributed by atoms with Crippen LogP contribution in [0.2, 0.25) is 0 Å². The lowest BCUT2D eigenvalue weighted by molar-refractivity contribution is -0.152. The number of aliphatic carboxylic acids is 1. The van der Waals surface area contributed by atoms with Crippen LogP contribution in [0.3, 0.4) is 0 Å². The highest BCUT2D eigenvalue weighted by molar-refractivity contribution is 9.10. The Kier molecular flexibility index (Phi) is 3.50.